The van der Waals surface area contributed by atoms with Gasteiger partial charge in [-0.25, -0.2) is 4.68 Å². The largest absolute Gasteiger partial charge is 0.496 e. The van der Waals surface area contributed by atoms with Crippen LogP contribution in [0.4, 0.5) is 18.9 Å². The summed E-state index contributed by atoms with van der Waals surface area (Å²) in [6, 6.07) is 13.8. The van der Waals surface area contributed by atoms with Crippen molar-refractivity contribution in [1.82, 2.24) is 14.8 Å². The third-order valence-corrected chi connectivity index (χ3v) is 5.85. The molecule has 1 amide bonds. The predicted octanol–water partition coefficient (Wildman–Crippen LogP) is 5.30. The van der Waals surface area contributed by atoms with E-state index in [1.54, 1.807) is 36.1 Å². The number of carbonyl (C=O) groups is 1. The smallest absolute Gasteiger partial charge is 0.419 e. The standard InChI is InChI=1S/C24H21F3N4O4S/c1-33-11-12-35-23-29-21(20-4-3-13-36-20)31(30-23)17-8-6-16(7-9-17)28-22(32)15-5-10-19(34-2)18(14-15)24(25,26)27/h3-10,13-14H,11-12H2,1-2H3,(H,28,32). The Morgan fingerprint density at radius 3 is 2.50 bits per heavy atom. The van der Waals surface area contributed by atoms with Gasteiger partial charge in [-0.1, -0.05) is 6.07 Å². The maximum Gasteiger partial charge on any atom is 0.419 e. The SMILES string of the molecule is COCCOc1nc(-c2cccs2)n(-c2ccc(NC(=O)c3ccc(OC)c(C(F)(F)F)c3)cc2)n1. The minimum atomic E-state index is -4.66. The molecular weight excluding hydrogens is 497 g/mol. The molecular formula is C24H21F3N4O4S. The number of thiophene rings is 1. The molecule has 0 aliphatic carbocycles. The summed E-state index contributed by atoms with van der Waals surface area (Å²) in [6.45, 7) is 0.673. The van der Waals surface area contributed by atoms with Crippen molar-refractivity contribution < 1.29 is 32.2 Å². The Kier molecular flexibility index (Phi) is 7.55. The van der Waals surface area contributed by atoms with Crippen LogP contribution in [0.3, 0.4) is 0 Å². The average Bonchev–Trinajstić information content (AvgIpc) is 3.54. The lowest BCUT2D eigenvalue weighted by Crippen LogP contribution is -2.15. The van der Waals surface area contributed by atoms with Crippen molar-refractivity contribution in [2.45, 2.75) is 6.18 Å². The van der Waals surface area contributed by atoms with Crippen molar-refractivity contribution >= 4 is 22.9 Å². The van der Waals surface area contributed by atoms with Gasteiger partial charge in [-0.05, 0) is 53.9 Å². The highest BCUT2D eigenvalue weighted by molar-refractivity contribution is 7.13. The third kappa shape index (κ3) is 5.66. The summed E-state index contributed by atoms with van der Waals surface area (Å²) >= 11 is 1.49. The fraction of sp³-hybridized carbons (Fsp3) is 0.208. The van der Waals surface area contributed by atoms with Crippen LogP contribution in [0.1, 0.15) is 15.9 Å². The van der Waals surface area contributed by atoms with E-state index < -0.39 is 17.6 Å². The molecule has 0 saturated heterocycles. The van der Waals surface area contributed by atoms with Crippen molar-refractivity contribution in [3.63, 3.8) is 0 Å². The van der Waals surface area contributed by atoms with Gasteiger partial charge in [0.1, 0.15) is 12.4 Å². The zero-order valence-corrected chi connectivity index (χ0v) is 20.0. The minimum absolute atomic E-state index is 0.152. The van der Waals surface area contributed by atoms with Crippen LogP contribution in [-0.2, 0) is 10.9 Å². The summed E-state index contributed by atoms with van der Waals surface area (Å²) in [5.74, 6) is -0.472. The van der Waals surface area contributed by atoms with Crippen LogP contribution in [0, 0.1) is 0 Å². The molecule has 0 aliphatic heterocycles. The van der Waals surface area contributed by atoms with Gasteiger partial charge in [0.15, 0.2) is 5.82 Å². The number of ether oxygens (including phenoxy) is 3. The van der Waals surface area contributed by atoms with Gasteiger partial charge >= 0.3 is 12.2 Å². The van der Waals surface area contributed by atoms with Crippen molar-refractivity contribution in [2.75, 3.05) is 32.8 Å². The first kappa shape index (κ1) is 25.2. The molecule has 8 nitrogen and oxygen atoms in total. The van der Waals surface area contributed by atoms with E-state index in [1.165, 1.54) is 17.4 Å². The normalized spacial score (nSPS) is 11.4. The molecule has 188 valence electrons. The number of halogens is 3. The van der Waals surface area contributed by atoms with E-state index in [0.29, 0.717) is 23.8 Å². The van der Waals surface area contributed by atoms with Gasteiger partial charge in [-0.2, -0.15) is 18.2 Å². The molecule has 0 spiro atoms. The van der Waals surface area contributed by atoms with Crippen LogP contribution in [0.2, 0.25) is 0 Å². The predicted molar refractivity (Wildman–Crippen MR) is 128 cm³/mol. The molecule has 0 fully saturated rings. The number of carbonyl (C=O) groups excluding carboxylic acids is 1. The number of alkyl halides is 3. The summed E-state index contributed by atoms with van der Waals surface area (Å²) in [6.07, 6.45) is -4.66. The molecule has 0 bridgehead atoms. The molecule has 0 aliphatic rings. The zero-order chi connectivity index (χ0) is 25.7. The van der Waals surface area contributed by atoms with Crippen molar-refractivity contribution in [1.29, 1.82) is 0 Å². The van der Waals surface area contributed by atoms with Crippen LogP contribution in [0.25, 0.3) is 16.4 Å². The lowest BCUT2D eigenvalue weighted by atomic mass is 10.1. The van der Waals surface area contributed by atoms with Gasteiger partial charge in [0, 0.05) is 18.4 Å². The first-order valence-corrected chi connectivity index (χ1v) is 11.5. The fourth-order valence-corrected chi connectivity index (χ4v) is 3.97. The van der Waals surface area contributed by atoms with Crippen LogP contribution < -0.4 is 14.8 Å². The minimum Gasteiger partial charge on any atom is -0.496 e. The quantitative estimate of drug-likeness (QED) is 0.303. The second kappa shape index (κ2) is 10.8. The van der Waals surface area contributed by atoms with Gasteiger partial charge in [-0.3, -0.25) is 4.79 Å². The molecule has 2 aromatic carbocycles. The molecule has 4 aromatic rings. The fourth-order valence-electron chi connectivity index (χ4n) is 3.28. The monoisotopic (exact) mass is 518 g/mol. The van der Waals surface area contributed by atoms with E-state index in [0.717, 1.165) is 24.1 Å². The van der Waals surface area contributed by atoms with E-state index in [9.17, 15) is 18.0 Å². The molecule has 0 saturated carbocycles. The number of nitrogens with zero attached hydrogens (tertiary/aromatic N) is 3. The third-order valence-electron chi connectivity index (χ3n) is 4.98. The second-order valence-corrected chi connectivity index (χ2v) is 8.31. The maximum atomic E-state index is 13.3. The Bertz CT molecular complexity index is 1320. The number of aromatic nitrogens is 3. The maximum absolute atomic E-state index is 13.3. The molecule has 12 heteroatoms. The van der Waals surface area contributed by atoms with Gasteiger partial charge in [0.25, 0.3) is 5.91 Å². The molecule has 4 rings (SSSR count). The number of rotatable bonds is 9. The van der Waals surface area contributed by atoms with Crippen LogP contribution >= 0.6 is 11.3 Å². The Balaban J connectivity index is 1.55. The molecule has 36 heavy (non-hydrogen) atoms. The van der Waals surface area contributed by atoms with E-state index in [1.807, 2.05) is 17.5 Å². The first-order valence-electron chi connectivity index (χ1n) is 10.6. The number of anilines is 1. The highest BCUT2D eigenvalue weighted by atomic mass is 32.1. The Morgan fingerprint density at radius 1 is 1.08 bits per heavy atom. The van der Waals surface area contributed by atoms with Crippen molar-refractivity contribution in [3.8, 4) is 28.1 Å². The first-order chi connectivity index (χ1) is 17.3. The lowest BCUT2D eigenvalue weighted by molar-refractivity contribution is -0.138. The van der Waals surface area contributed by atoms with E-state index in [-0.39, 0.29) is 23.9 Å². The number of hydrogen-bond acceptors (Lipinski definition) is 7. The molecule has 0 unspecified atom stereocenters. The number of hydrogen-bond donors (Lipinski definition) is 1. The summed E-state index contributed by atoms with van der Waals surface area (Å²) in [5, 5.41) is 8.95. The summed E-state index contributed by atoms with van der Waals surface area (Å²) in [7, 11) is 2.70. The van der Waals surface area contributed by atoms with Gasteiger partial charge in [0.2, 0.25) is 0 Å². The highest BCUT2D eigenvalue weighted by Gasteiger charge is 2.35. The molecule has 0 radical (unpaired) electrons. The number of amides is 1. The number of benzene rings is 2. The topological polar surface area (TPSA) is 87.5 Å². The van der Waals surface area contributed by atoms with Gasteiger partial charge in [0.05, 0.1) is 29.8 Å². The summed E-state index contributed by atoms with van der Waals surface area (Å²) in [5.41, 5.74) is -0.137. The zero-order valence-electron chi connectivity index (χ0n) is 19.2. The van der Waals surface area contributed by atoms with Crippen LogP contribution in [0.5, 0.6) is 11.8 Å². The van der Waals surface area contributed by atoms with E-state index in [2.05, 4.69) is 15.4 Å². The Morgan fingerprint density at radius 2 is 1.86 bits per heavy atom. The average molecular weight is 519 g/mol. The molecule has 2 heterocycles. The van der Waals surface area contributed by atoms with Crippen molar-refractivity contribution in [3.05, 3.63) is 71.1 Å². The van der Waals surface area contributed by atoms with Gasteiger partial charge in [-0.15, -0.1) is 16.4 Å². The molecule has 2 aromatic heterocycles. The van der Waals surface area contributed by atoms with Crippen LogP contribution in [-0.4, -0.2) is 48.1 Å². The molecule has 1 N–H and O–H groups in total. The number of methoxy groups -OCH3 is 2. The van der Waals surface area contributed by atoms with E-state index >= 15 is 0 Å². The Hall–Kier alpha value is -3.90. The summed E-state index contributed by atoms with van der Waals surface area (Å²) in [4.78, 5) is 18.0. The number of nitrogens with one attached hydrogen (secondary N) is 1. The van der Waals surface area contributed by atoms with Gasteiger partial charge < -0.3 is 19.5 Å². The van der Waals surface area contributed by atoms with Crippen molar-refractivity contribution in [2.24, 2.45) is 0 Å². The van der Waals surface area contributed by atoms with Crippen LogP contribution in [0.15, 0.2) is 60.0 Å². The molecule has 0 atom stereocenters. The second-order valence-electron chi connectivity index (χ2n) is 7.36. The summed E-state index contributed by atoms with van der Waals surface area (Å²) < 4.78 is 56.8. The lowest BCUT2D eigenvalue weighted by Gasteiger charge is -2.13. The van der Waals surface area contributed by atoms with E-state index in [4.69, 9.17) is 14.2 Å². The Labute approximate surface area is 208 Å². The highest BCUT2D eigenvalue weighted by Crippen LogP contribution is 2.37.